The van der Waals surface area contributed by atoms with E-state index in [4.69, 9.17) is 18.9 Å². The molecule has 8 nitrogen and oxygen atoms in total. The van der Waals surface area contributed by atoms with Gasteiger partial charge in [-0.05, 0) is 12.1 Å². The number of hydrogen-bond acceptors (Lipinski definition) is 7. The van der Waals surface area contributed by atoms with E-state index in [2.05, 4.69) is 4.99 Å². The molecular formula is C21H20N2O6S. The number of nitrogens with zero attached hydrogens (tertiary/aromatic N) is 2. The smallest absolute Gasteiger partial charge is 0.307 e. The summed E-state index contributed by atoms with van der Waals surface area (Å²) in [4.78, 5) is 28.8. The largest absolute Gasteiger partial charge is 0.486 e. The summed E-state index contributed by atoms with van der Waals surface area (Å²) in [6.07, 6.45) is 0.151. The van der Waals surface area contributed by atoms with Gasteiger partial charge in [0.25, 0.3) is 5.91 Å². The lowest BCUT2D eigenvalue weighted by Crippen LogP contribution is -2.21. The molecule has 3 aromatic rings. The zero-order valence-electron chi connectivity index (χ0n) is 16.3. The van der Waals surface area contributed by atoms with E-state index in [-0.39, 0.29) is 19.0 Å². The maximum absolute atomic E-state index is 12.4. The zero-order chi connectivity index (χ0) is 20.9. The molecule has 0 bridgehead atoms. The van der Waals surface area contributed by atoms with Crippen molar-refractivity contribution in [1.82, 2.24) is 4.57 Å². The highest BCUT2D eigenvalue weighted by Crippen LogP contribution is 2.35. The Balaban J connectivity index is 1.66. The minimum atomic E-state index is -0.422. The molecule has 4 rings (SSSR count). The zero-order valence-corrected chi connectivity index (χ0v) is 17.1. The first kappa shape index (κ1) is 20.0. The van der Waals surface area contributed by atoms with Gasteiger partial charge in [-0.15, -0.1) is 0 Å². The molecule has 0 spiro atoms. The average molecular weight is 428 g/mol. The lowest BCUT2D eigenvalue weighted by molar-refractivity contribution is -0.140. The number of carbonyl (C=O) groups is 2. The molecule has 0 atom stereocenters. The van der Waals surface area contributed by atoms with Crippen LogP contribution in [0, 0.1) is 0 Å². The number of hydrogen-bond donors (Lipinski definition) is 0. The SMILES string of the molecule is COC(=O)CCn1c(=NC(=O)COc2ccccc2)sc2cc3c(cc21)OCCO3. The summed E-state index contributed by atoms with van der Waals surface area (Å²) in [6.45, 7) is 1.09. The quantitative estimate of drug-likeness (QED) is 0.561. The number of benzene rings is 2. The Morgan fingerprint density at radius 2 is 1.87 bits per heavy atom. The molecule has 2 aromatic carbocycles. The summed E-state index contributed by atoms with van der Waals surface area (Å²) in [7, 11) is 1.34. The van der Waals surface area contributed by atoms with Gasteiger partial charge in [0.2, 0.25) is 0 Å². The van der Waals surface area contributed by atoms with Gasteiger partial charge in [-0.2, -0.15) is 4.99 Å². The number of amides is 1. The molecule has 0 aliphatic carbocycles. The van der Waals surface area contributed by atoms with Crippen LogP contribution in [0.4, 0.5) is 0 Å². The fourth-order valence-corrected chi connectivity index (χ4v) is 4.10. The minimum absolute atomic E-state index is 0.151. The summed E-state index contributed by atoms with van der Waals surface area (Å²) in [6, 6.07) is 12.8. The summed E-state index contributed by atoms with van der Waals surface area (Å²) in [5.74, 6) is 1.11. The number of rotatable bonds is 6. The van der Waals surface area contributed by atoms with Crippen molar-refractivity contribution in [1.29, 1.82) is 0 Å². The highest BCUT2D eigenvalue weighted by Gasteiger charge is 2.17. The van der Waals surface area contributed by atoms with Gasteiger partial charge in [0.15, 0.2) is 22.9 Å². The Kier molecular flexibility index (Phi) is 5.99. The maximum atomic E-state index is 12.4. The molecule has 0 saturated heterocycles. The number of esters is 1. The van der Waals surface area contributed by atoms with Crippen molar-refractivity contribution in [2.75, 3.05) is 26.9 Å². The second kappa shape index (κ2) is 9.00. The third kappa shape index (κ3) is 4.46. The second-order valence-corrected chi connectivity index (χ2v) is 7.44. The van der Waals surface area contributed by atoms with Gasteiger partial charge in [0.1, 0.15) is 19.0 Å². The molecule has 0 fully saturated rings. The lowest BCUT2D eigenvalue weighted by Gasteiger charge is -2.18. The topological polar surface area (TPSA) is 88.4 Å². The summed E-state index contributed by atoms with van der Waals surface area (Å²) >= 11 is 1.34. The van der Waals surface area contributed by atoms with Crippen molar-refractivity contribution >= 4 is 33.4 Å². The van der Waals surface area contributed by atoms with E-state index in [0.717, 1.165) is 10.2 Å². The van der Waals surface area contributed by atoms with Crippen LogP contribution >= 0.6 is 11.3 Å². The van der Waals surface area contributed by atoms with Crippen LogP contribution in [0.5, 0.6) is 17.2 Å². The van der Waals surface area contributed by atoms with Crippen LogP contribution in [-0.2, 0) is 20.9 Å². The molecule has 0 saturated carbocycles. The van der Waals surface area contributed by atoms with Crippen LogP contribution in [-0.4, -0.2) is 43.4 Å². The Bertz CT molecular complexity index is 1140. The van der Waals surface area contributed by atoms with E-state index in [1.165, 1.54) is 18.4 Å². The predicted molar refractivity (Wildman–Crippen MR) is 110 cm³/mol. The molecule has 0 unspecified atom stereocenters. The number of methoxy groups -OCH3 is 1. The van der Waals surface area contributed by atoms with Gasteiger partial charge in [0.05, 0.1) is 23.7 Å². The fraction of sp³-hybridized carbons (Fsp3) is 0.286. The molecule has 0 N–H and O–H groups in total. The summed E-state index contributed by atoms with van der Waals surface area (Å²) in [5, 5.41) is 0. The Morgan fingerprint density at radius 1 is 1.13 bits per heavy atom. The number of thiazole rings is 1. The number of para-hydroxylation sites is 1. The van der Waals surface area contributed by atoms with Gasteiger partial charge >= 0.3 is 5.97 Å². The van der Waals surface area contributed by atoms with E-state index in [0.29, 0.717) is 41.8 Å². The number of fused-ring (bicyclic) bond motifs is 2. The highest BCUT2D eigenvalue weighted by atomic mass is 32.1. The molecular weight excluding hydrogens is 408 g/mol. The third-order valence-electron chi connectivity index (χ3n) is 4.44. The van der Waals surface area contributed by atoms with Crippen molar-refractivity contribution in [3.05, 3.63) is 47.3 Å². The van der Waals surface area contributed by atoms with Crippen molar-refractivity contribution in [3.63, 3.8) is 0 Å². The fourth-order valence-electron chi connectivity index (χ4n) is 3.01. The van der Waals surface area contributed by atoms with Gasteiger partial charge in [-0.25, -0.2) is 0 Å². The second-order valence-electron chi connectivity index (χ2n) is 6.43. The van der Waals surface area contributed by atoms with Crippen LogP contribution < -0.4 is 19.0 Å². The standard InChI is InChI=1S/C21H20N2O6S/c1-26-20(25)7-8-23-15-11-16-17(28-10-9-27-16)12-18(15)30-21(23)22-19(24)13-29-14-5-3-2-4-6-14/h2-6,11-12H,7-10,13H2,1H3. The highest BCUT2D eigenvalue weighted by molar-refractivity contribution is 7.16. The number of ether oxygens (including phenoxy) is 4. The first-order valence-corrected chi connectivity index (χ1v) is 10.2. The minimum Gasteiger partial charge on any atom is -0.486 e. The lowest BCUT2D eigenvalue weighted by atomic mass is 10.2. The first-order chi connectivity index (χ1) is 14.6. The van der Waals surface area contributed by atoms with E-state index >= 15 is 0 Å². The van der Waals surface area contributed by atoms with Crippen LogP contribution in [0.25, 0.3) is 10.2 Å². The molecule has 9 heteroatoms. The molecule has 2 heterocycles. The predicted octanol–water partition coefficient (Wildman–Crippen LogP) is 2.54. The maximum Gasteiger partial charge on any atom is 0.307 e. The number of aromatic nitrogens is 1. The van der Waals surface area contributed by atoms with Gasteiger partial charge < -0.3 is 23.5 Å². The molecule has 30 heavy (non-hydrogen) atoms. The third-order valence-corrected chi connectivity index (χ3v) is 5.48. The molecule has 1 amide bonds. The van der Waals surface area contributed by atoms with Crippen LogP contribution in [0.3, 0.4) is 0 Å². The van der Waals surface area contributed by atoms with E-state index in [1.807, 2.05) is 34.9 Å². The summed E-state index contributed by atoms with van der Waals surface area (Å²) < 4.78 is 24.2. The number of carbonyl (C=O) groups excluding carboxylic acids is 2. The Labute approximate surface area is 176 Å². The van der Waals surface area contributed by atoms with Crippen molar-refractivity contribution in [3.8, 4) is 17.2 Å². The molecule has 0 radical (unpaired) electrons. The molecule has 156 valence electrons. The van der Waals surface area contributed by atoms with Crippen molar-refractivity contribution in [2.24, 2.45) is 4.99 Å². The van der Waals surface area contributed by atoms with Crippen molar-refractivity contribution in [2.45, 2.75) is 13.0 Å². The molecule has 1 aliphatic rings. The first-order valence-electron chi connectivity index (χ1n) is 9.39. The van der Waals surface area contributed by atoms with Crippen LogP contribution in [0.1, 0.15) is 6.42 Å². The number of aryl methyl sites for hydroxylation is 1. The Hall–Kier alpha value is -3.33. The monoisotopic (exact) mass is 428 g/mol. The Morgan fingerprint density at radius 3 is 2.60 bits per heavy atom. The molecule has 1 aliphatic heterocycles. The van der Waals surface area contributed by atoms with Crippen LogP contribution in [0.2, 0.25) is 0 Å². The normalized spacial score (nSPS) is 13.3. The summed E-state index contributed by atoms with van der Waals surface area (Å²) in [5.41, 5.74) is 0.809. The van der Waals surface area contributed by atoms with Crippen LogP contribution in [0.15, 0.2) is 47.5 Å². The molecule has 1 aromatic heterocycles. The van der Waals surface area contributed by atoms with E-state index < -0.39 is 5.91 Å². The van der Waals surface area contributed by atoms with Gasteiger partial charge in [-0.1, -0.05) is 29.5 Å². The van der Waals surface area contributed by atoms with E-state index in [1.54, 1.807) is 12.1 Å². The van der Waals surface area contributed by atoms with E-state index in [9.17, 15) is 9.59 Å². The van der Waals surface area contributed by atoms with Gasteiger partial charge in [0, 0.05) is 18.7 Å². The van der Waals surface area contributed by atoms with Gasteiger partial charge in [-0.3, -0.25) is 9.59 Å². The van der Waals surface area contributed by atoms with Crippen molar-refractivity contribution < 1.29 is 28.5 Å². The average Bonchev–Trinajstić information content (AvgIpc) is 3.10.